The fourth-order valence-electron chi connectivity index (χ4n) is 1.13. The molecule has 0 bridgehead atoms. The first-order valence-corrected chi connectivity index (χ1v) is 5.92. The van der Waals surface area contributed by atoms with Crippen LogP contribution in [0.1, 0.15) is 32.9 Å². The van der Waals surface area contributed by atoms with Crippen molar-refractivity contribution in [1.29, 1.82) is 0 Å². The topological polar surface area (TPSA) is 12.9 Å². The van der Waals surface area contributed by atoms with E-state index < -0.39 is 0 Å². The number of thioether (sulfide) groups is 1. The lowest BCUT2D eigenvalue weighted by molar-refractivity contribution is 0.988. The molecule has 0 amide bonds. The van der Waals surface area contributed by atoms with Crippen LogP contribution in [0, 0.1) is 0 Å². The number of rotatable bonds is 0. The maximum atomic E-state index is 4.31. The zero-order valence-electron chi connectivity index (χ0n) is 9.08. The van der Waals surface area contributed by atoms with Crippen molar-refractivity contribution >= 4 is 11.8 Å². The van der Waals surface area contributed by atoms with Crippen molar-refractivity contribution in [2.24, 2.45) is 0 Å². The molecule has 0 spiro atoms. The van der Waals surface area contributed by atoms with E-state index in [1.165, 1.54) is 22.6 Å². The predicted molar refractivity (Wildman–Crippen MR) is 63.5 cm³/mol. The van der Waals surface area contributed by atoms with Gasteiger partial charge in [-0.15, -0.1) is 0 Å². The molecule has 0 N–H and O–H groups in total. The van der Waals surface area contributed by atoms with Crippen molar-refractivity contribution in [3.05, 3.63) is 35.0 Å². The smallest absolute Gasteiger partial charge is 0.0583 e. The van der Waals surface area contributed by atoms with Gasteiger partial charge in [0.1, 0.15) is 0 Å². The van der Waals surface area contributed by atoms with E-state index in [2.05, 4.69) is 37.2 Å². The number of hydrogen-bond acceptors (Lipinski definition) is 2. The molecule has 2 rings (SSSR count). The molecule has 0 atom stereocenters. The molecule has 1 aliphatic heterocycles. The molecular weight excluding hydrogens is 190 g/mol. The third kappa shape index (κ3) is 3.18. The molecule has 14 heavy (non-hydrogen) atoms. The highest BCUT2D eigenvalue weighted by atomic mass is 32.2. The summed E-state index contributed by atoms with van der Waals surface area (Å²) >= 11 is 1.77. The Morgan fingerprint density at radius 1 is 1.43 bits per heavy atom. The van der Waals surface area contributed by atoms with Gasteiger partial charge in [0, 0.05) is 17.5 Å². The summed E-state index contributed by atoms with van der Waals surface area (Å²) in [5, 5.41) is 2.20. The van der Waals surface area contributed by atoms with Gasteiger partial charge in [-0.1, -0.05) is 37.6 Å². The molecule has 2 heteroatoms. The lowest BCUT2D eigenvalue weighted by Crippen LogP contribution is -1.96. The van der Waals surface area contributed by atoms with Gasteiger partial charge in [-0.2, -0.15) is 0 Å². The molecule has 0 aromatic carbocycles. The van der Waals surface area contributed by atoms with Gasteiger partial charge in [-0.05, 0) is 24.5 Å². The Kier molecular flexibility index (Phi) is 4.74. The molecule has 1 aliphatic rings. The Bertz CT molecular complexity index is 318. The van der Waals surface area contributed by atoms with Crippen LogP contribution in [0.4, 0.5) is 0 Å². The predicted octanol–water partition coefficient (Wildman–Crippen LogP) is 4.05. The fourth-order valence-corrected chi connectivity index (χ4v) is 1.96. The Morgan fingerprint density at radius 3 is 2.86 bits per heavy atom. The molecule has 76 valence electrons. The minimum absolute atomic E-state index is 1.02. The largest absolute Gasteiger partial charge is 0.260 e. The first-order valence-electron chi connectivity index (χ1n) is 5.04. The maximum Gasteiger partial charge on any atom is 0.0583 e. The van der Waals surface area contributed by atoms with Crippen molar-refractivity contribution in [3.63, 3.8) is 0 Å². The van der Waals surface area contributed by atoms with Crippen molar-refractivity contribution in [2.75, 3.05) is 0 Å². The van der Waals surface area contributed by atoms with E-state index in [0.717, 1.165) is 6.42 Å². The Balaban J connectivity index is 0.000000293. The monoisotopic (exact) mass is 207 g/mol. The molecule has 1 aromatic rings. The van der Waals surface area contributed by atoms with Crippen LogP contribution >= 0.6 is 11.8 Å². The number of fused-ring (bicyclic) bond motifs is 1. The van der Waals surface area contributed by atoms with E-state index in [1.54, 1.807) is 11.8 Å². The highest BCUT2D eigenvalue weighted by Crippen LogP contribution is 2.29. The van der Waals surface area contributed by atoms with Gasteiger partial charge >= 0.3 is 0 Å². The van der Waals surface area contributed by atoms with Gasteiger partial charge in [0.2, 0.25) is 0 Å². The van der Waals surface area contributed by atoms with Crippen LogP contribution in [0.15, 0.2) is 34.2 Å². The van der Waals surface area contributed by atoms with Gasteiger partial charge in [-0.3, -0.25) is 4.98 Å². The fraction of sp³-hybridized carbons (Fsp3) is 0.417. The van der Waals surface area contributed by atoms with Crippen molar-refractivity contribution in [3.8, 4) is 0 Å². The Labute approximate surface area is 90.6 Å². The summed E-state index contributed by atoms with van der Waals surface area (Å²) in [5.41, 5.74) is 2.62. The summed E-state index contributed by atoms with van der Waals surface area (Å²) < 4.78 is 0. The van der Waals surface area contributed by atoms with Crippen molar-refractivity contribution in [2.45, 2.75) is 38.5 Å². The lowest BCUT2D eigenvalue weighted by atomic mass is 10.2. The number of pyridine rings is 1. The summed E-state index contributed by atoms with van der Waals surface area (Å²) in [6.45, 7) is 6.39. The molecule has 2 heterocycles. The summed E-state index contributed by atoms with van der Waals surface area (Å²) in [7, 11) is 0. The molecule has 0 fully saturated rings. The first kappa shape index (κ1) is 11.3. The second-order valence-corrected chi connectivity index (χ2v) is 4.33. The van der Waals surface area contributed by atoms with Crippen LogP contribution in [-0.4, -0.2) is 4.98 Å². The van der Waals surface area contributed by atoms with E-state index >= 15 is 0 Å². The van der Waals surface area contributed by atoms with E-state index in [1.807, 2.05) is 12.3 Å². The third-order valence-corrected chi connectivity index (χ3v) is 2.83. The molecule has 0 aliphatic carbocycles. The van der Waals surface area contributed by atoms with Crippen LogP contribution in [-0.2, 0) is 6.42 Å². The molecule has 0 saturated heterocycles. The minimum atomic E-state index is 1.02. The van der Waals surface area contributed by atoms with E-state index in [9.17, 15) is 0 Å². The maximum absolute atomic E-state index is 4.31. The van der Waals surface area contributed by atoms with Gasteiger partial charge in [0.05, 0.1) is 5.69 Å². The number of aromatic nitrogens is 1. The van der Waals surface area contributed by atoms with Crippen molar-refractivity contribution < 1.29 is 0 Å². The van der Waals surface area contributed by atoms with Crippen LogP contribution in [0.5, 0.6) is 0 Å². The van der Waals surface area contributed by atoms with E-state index in [-0.39, 0.29) is 0 Å². The lowest BCUT2D eigenvalue weighted by Gasteiger charge is -2.11. The molecule has 1 aromatic heterocycles. The molecule has 1 nitrogen and oxygen atoms in total. The Morgan fingerprint density at radius 2 is 2.14 bits per heavy atom. The number of allylic oxidation sites excluding steroid dienone is 1. The van der Waals surface area contributed by atoms with Crippen molar-refractivity contribution in [1.82, 2.24) is 4.98 Å². The third-order valence-electron chi connectivity index (χ3n) is 1.68. The second-order valence-electron chi connectivity index (χ2n) is 3.41. The minimum Gasteiger partial charge on any atom is -0.260 e. The normalized spacial score (nSPS) is 13.5. The number of hydrogen-bond donors (Lipinski definition) is 0. The summed E-state index contributed by atoms with van der Waals surface area (Å²) in [6, 6.07) is 4.11. The Hall–Kier alpha value is -0.760. The quantitative estimate of drug-likeness (QED) is 0.636. The van der Waals surface area contributed by atoms with Gasteiger partial charge in [0.15, 0.2) is 0 Å². The van der Waals surface area contributed by atoms with Crippen LogP contribution in [0.25, 0.3) is 0 Å². The zero-order chi connectivity index (χ0) is 10.4. The van der Waals surface area contributed by atoms with E-state index in [0.29, 0.717) is 0 Å². The molecule has 0 unspecified atom stereocenters. The molecular formula is C12H17NS. The molecule has 0 saturated carbocycles. The first-order chi connectivity index (χ1) is 6.77. The second kappa shape index (κ2) is 5.86. The van der Waals surface area contributed by atoms with Crippen LogP contribution in [0.3, 0.4) is 0 Å². The van der Waals surface area contributed by atoms with E-state index in [4.69, 9.17) is 0 Å². The summed E-state index contributed by atoms with van der Waals surface area (Å²) in [4.78, 5) is 5.61. The average molecular weight is 207 g/mol. The highest BCUT2D eigenvalue weighted by Gasteiger charge is 2.08. The average Bonchev–Trinajstić information content (AvgIpc) is 2.19. The SMILES string of the molecule is CC1=CSc2cccnc2C1.CCC. The highest BCUT2D eigenvalue weighted by molar-refractivity contribution is 8.02. The zero-order valence-corrected chi connectivity index (χ0v) is 9.90. The van der Waals surface area contributed by atoms with Gasteiger partial charge in [-0.25, -0.2) is 0 Å². The van der Waals surface area contributed by atoms with Gasteiger partial charge in [0.25, 0.3) is 0 Å². The van der Waals surface area contributed by atoms with Gasteiger partial charge < -0.3 is 0 Å². The number of nitrogens with zero attached hydrogens (tertiary/aromatic N) is 1. The van der Waals surface area contributed by atoms with Crippen LogP contribution < -0.4 is 0 Å². The van der Waals surface area contributed by atoms with Crippen LogP contribution in [0.2, 0.25) is 0 Å². The molecule has 0 radical (unpaired) electrons. The standard InChI is InChI=1S/C9H9NS.C3H8/c1-7-5-8-9(11-6-7)3-2-4-10-8;1-3-2/h2-4,6H,5H2,1H3;3H2,1-2H3. The summed E-state index contributed by atoms with van der Waals surface area (Å²) in [6.07, 6.45) is 4.13. The summed E-state index contributed by atoms with van der Waals surface area (Å²) in [5.74, 6) is 0.